The predicted octanol–water partition coefficient (Wildman–Crippen LogP) is 2.69. The lowest BCUT2D eigenvalue weighted by Crippen LogP contribution is -2.40. The number of nitrogens with one attached hydrogen (secondary N) is 1. The molecular weight excluding hydrogens is 254 g/mol. The van der Waals surface area contributed by atoms with Crippen molar-refractivity contribution in [2.45, 2.75) is 52.0 Å². The molecule has 20 heavy (non-hydrogen) atoms. The fourth-order valence-corrected chi connectivity index (χ4v) is 2.07. The van der Waals surface area contributed by atoms with Crippen molar-refractivity contribution < 1.29 is 14.7 Å². The Morgan fingerprint density at radius 3 is 2.60 bits per heavy atom. The first-order chi connectivity index (χ1) is 9.54. The summed E-state index contributed by atoms with van der Waals surface area (Å²) in [7, 11) is 0. The van der Waals surface area contributed by atoms with Crippen molar-refractivity contribution in [3.05, 3.63) is 35.4 Å². The van der Waals surface area contributed by atoms with E-state index in [0.717, 1.165) is 24.0 Å². The lowest BCUT2D eigenvalue weighted by molar-refractivity contribution is -0.142. The summed E-state index contributed by atoms with van der Waals surface area (Å²) >= 11 is 0. The molecule has 0 heterocycles. The fraction of sp³-hybridized carbons (Fsp3) is 0.500. The van der Waals surface area contributed by atoms with Gasteiger partial charge in [-0.25, -0.2) is 4.79 Å². The van der Waals surface area contributed by atoms with Crippen molar-refractivity contribution in [2.24, 2.45) is 0 Å². The van der Waals surface area contributed by atoms with Gasteiger partial charge in [-0.3, -0.25) is 4.79 Å². The number of aliphatic carboxylic acids is 1. The molecule has 4 heteroatoms. The largest absolute Gasteiger partial charge is 0.480 e. The highest BCUT2D eigenvalue weighted by atomic mass is 16.4. The van der Waals surface area contributed by atoms with Gasteiger partial charge in [0.2, 0.25) is 5.91 Å². The Hall–Kier alpha value is -1.84. The van der Waals surface area contributed by atoms with Crippen LogP contribution in [-0.4, -0.2) is 23.0 Å². The Labute approximate surface area is 120 Å². The van der Waals surface area contributed by atoms with E-state index in [1.165, 1.54) is 0 Å². The summed E-state index contributed by atoms with van der Waals surface area (Å²) in [6.07, 6.45) is 3.17. The quantitative estimate of drug-likeness (QED) is 0.767. The average Bonchev–Trinajstić information content (AvgIpc) is 2.42. The van der Waals surface area contributed by atoms with Gasteiger partial charge in [-0.05, 0) is 30.9 Å². The van der Waals surface area contributed by atoms with Crippen molar-refractivity contribution in [3.8, 4) is 0 Å². The Morgan fingerprint density at radius 1 is 1.30 bits per heavy atom. The molecule has 0 aromatic heterocycles. The molecule has 1 amide bonds. The number of carboxylic acid groups (broad SMARTS) is 1. The molecule has 0 aliphatic carbocycles. The first-order valence-corrected chi connectivity index (χ1v) is 7.11. The normalized spacial score (nSPS) is 11.9. The lowest BCUT2D eigenvalue weighted by Gasteiger charge is -2.14. The summed E-state index contributed by atoms with van der Waals surface area (Å²) in [6, 6.07) is 7.15. The summed E-state index contributed by atoms with van der Waals surface area (Å²) in [6.45, 7) is 4.01. The fourth-order valence-electron chi connectivity index (χ4n) is 2.07. The van der Waals surface area contributed by atoms with Gasteiger partial charge in [0.25, 0.3) is 0 Å². The van der Waals surface area contributed by atoms with Crippen LogP contribution in [0.25, 0.3) is 0 Å². The topological polar surface area (TPSA) is 66.4 Å². The lowest BCUT2D eigenvalue weighted by atomic mass is 10.0. The number of benzene rings is 1. The van der Waals surface area contributed by atoms with Crippen molar-refractivity contribution in [3.63, 3.8) is 0 Å². The van der Waals surface area contributed by atoms with Gasteiger partial charge >= 0.3 is 5.97 Å². The summed E-state index contributed by atoms with van der Waals surface area (Å²) in [5, 5.41) is 11.7. The molecule has 0 saturated carbocycles. The molecule has 1 rings (SSSR count). The molecule has 1 atom stereocenters. The zero-order valence-corrected chi connectivity index (χ0v) is 12.2. The van der Waals surface area contributed by atoms with Crippen LogP contribution in [0.15, 0.2) is 24.3 Å². The highest BCUT2D eigenvalue weighted by molar-refractivity contribution is 5.83. The van der Waals surface area contributed by atoms with E-state index < -0.39 is 12.0 Å². The molecule has 0 bridgehead atoms. The molecule has 0 aliphatic heterocycles. The smallest absolute Gasteiger partial charge is 0.326 e. The van der Waals surface area contributed by atoms with E-state index in [1.54, 1.807) is 0 Å². The van der Waals surface area contributed by atoms with E-state index in [-0.39, 0.29) is 5.91 Å². The SMILES string of the molecule is CCCC[C@H](NC(=O)CCc1ccccc1C)C(=O)O. The van der Waals surface area contributed by atoms with Gasteiger partial charge in [0.1, 0.15) is 6.04 Å². The van der Waals surface area contributed by atoms with Crippen LogP contribution in [0.4, 0.5) is 0 Å². The molecule has 0 radical (unpaired) electrons. The van der Waals surface area contributed by atoms with Crippen LogP contribution in [0.2, 0.25) is 0 Å². The number of unbranched alkanes of at least 4 members (excludes halogenated alkanes) is 1. The molecule has 110 valence electrons. The maximum atomic E-state index is 11.8. The Morgan fingerprint density at radius 2 is 2.00 bits per heavy atom. The minimum absolute atomic E-state index is 0.197. The third-order valence-electron chi connectivity index (χ3n) is 3.36. The minimum Gasteiger partial charge on any atom is -0.480 e. The molecule has 0 fully saturated rings. The number of rotatable bonds is 8. The number of hydrogen-bond donors (Lipinski definition) is 2. The van der Waals surface area contributed by atoms with E-state index >= 15 is 0 Å². The number of carboxylic acids is 1. The maximum Gasteiger partial charge on any atom is 0.326 e. The molecule has 0 spiro atoms. The van der Waals surface area contributed by atoms with Crippen LogP contribution in [-0.2, 0) is 16.0 Å². The number of aryl methyl sites for hydroxylation is 2. The van der Waals surface area contributed by atoms with Crippen LogP contribution >= 0.6 is 0 Å². The summed E-state index contributed by atoms with van der Waals surface area (Å²) in [4.78, 5) is 22.9. The predicted molar refractivity (Wildman–Crippen MR) is 78.6 cm³/mol. The first-order valence-electron chi connectivity index (χ1n) is 7.11. The molecule has 4 nitrogen and oxygen atoms in total. The second-order valence-corrected chi connectivity index (χ2v) is 5.03. The maximum absolute atomic E-state index is 11.8. The first kappa shape index (κ1) is 16.2. The van der Waals surface area contributed by atoms with Crippen LogP contribution in [0.1, 0.15) is 43.7 Å². The van der Waals surface area contributed by atoms with Gasteiger partial charge in [-0.15, -0.1) is 0 Å². The van der Waals surface area contributed by atoms with Crippen molar-refractivity contribution in [2.75, 3.05) is 0 Å². The number of carbonyl (C=O) groups excluding carboxylic acids is 1. The molecule has 0 saturated heterocycles. The van der Waals surface area contributed by atoms with Gasteiger partial charge in [0.15, 0.2) is 0 Å². The molecule has 1 aromatic carbocycles. The molecule has 0 aliphatic rings. The highest BCUT2D eigenvalue weighted by Gasteiger charge is 2.18. The van der Waals surface area contributed by atoms with Gasteiger partial charge in [0.05, 0.1) is 0 Å². The number of amides is 1. The van der Waals surface area contributed by atoms with E-state index in [4.69, 9.17) is 5.11 Å². The van der Waals surface area contributed by atoms with Crippen LogP contribution < -0.4 is 5.32 Å². The average molecular weight is 277 g/mol. The standard InChI is InChI=1S/C16H23NO3/c1-3-4-9-14(16(19)20)17-15(18)11-10-13-8-6-5-7-12(13)2/h5-8,14H,3-4,9-11H2,1-2H3,(H,17,18)(H,19,20)/t14-/m0/s1. The van der Waals surface area contributed by atoms with E-state index in [0.29, 0.717) is 19.3 Å². The zero-order chi connectivity index (χ0) is 15.0. The van der Waals surface area contributed by atoms with Gasteiger partial charge < -0.3 is 10.4 Å². The highest BCUT2D eigenvalue weighted by Crippen LogP contribution is 2.09. The Balaban J connectivity index is 2.46. The number of hydrogen-bond acceptors (Lipinski definition) is 2. The van der Waals surface area contributed by atoms with E-state index in [9.17, 15) is 9.59 Å². The third-order valence-corrected chi connectivity index (χ3v) is 3.36. The van der Waals surface area contributed by atoms with E-state index in [1.807, 2.05) is 38.1 Å². The van der Waals surface area contributed by atoms with Crippen molar-refractivity contribution in [1.29, 1.82) is 0 Å². The van der Waals surface area contributed by atoms with Gasteiger partial charge in [-0.2, -0.15) is 0 Å². The second kappa shape index (κ2) is 8.35. The summed E-state index contributed by atoms with van der Waals surface area (Å²) < 4.78 is 0. The zero-order valence-electron chi connectivity index (χ0n) is 12.2. The summed E-state index contributed by atoms with van der Waals surface area (Å²) in [5.74, 6) is -1.15. The second-order valence-electron chi connectivity index (χ2n) is 5.03. The summed E-state index contributed by atoms with van der Waals surface area (Å²) in [5.41, 5.74) is 2.28. The third kappa shape index (κ3) is 5.43. The Kier molecular flexibility index (Phi) is 6.77. The number of carbonyl (C=O) groups is 2. The molecule has 0 unspecified atom stereocenters. The molecule has 2 N–H and O–H groups in total. The van der Waals surface area contributed by atoms with Crippen LogP contribution in [0, 0.1) is 6.92 Å². The van der Waals surface area contributed by atoms with Gasteiger partial charge in [-0.1, -0.05) is 44.0 Å². The van der Waals surface area contributed by atoms with Crippen LogP contribution in [0.3, 0.4) is 0 Å². The molecular formula is C16H23NO3. The monoisotopic (exact) mass is 277 g/mol. The minimum atomic E-state index is -0.956. The van der Waals surface area contributed by atoms with Crippen molar-refractivity contribution >= 4 is 11.9 Å². The van der Waals surface area contributed by atoms with Crippen molar-refractivity contribution in [1.82, 2.24) is 5.32 Å². The van der Waals surface area contributed by atoms with E-state index in [2.05, 4.69) is 5.32 Å². The van der Waals surface area contributed by atoms with Gasteiger partial charge in [0, 0.05) is 6.42 Å². The molecule has 1 aromatic rings. The van der Waals surface area contributed by atoms with Crippen LogP contribution in [0.5, 0.6) is 0 Å². The Bertz CT molecular complexity index is 457.